The number of carbonyl (C=O) groups excluding carboxylic acids is 1. The molecule has 0 aliphatic carbocycles. The molecule has 0 unspecified atom stereocenters. The van der Waals surface area contributed by atoms with Crippen LogP contribution in [0.15, 0.2) is 36.7 Å². The van der Waals surface area contributed by atoms with Gasteiger partial charge in [0.2, 0.25) is 0 Å². The van der Waals surface area contributed by atoms with Crippen molar-refractivity contribution in [3.8, 4) is 0 Å². The summed E-state index contributed by atoms with van der Waals surface area (Å²) in [6.45, 7) is 1.86. The lowest BCUT2D eigenvalue weighted by Gasteiger charge is -2.03. The summed E-state index contributed by atoms with van der Waals surface area (Å²) in [5.74, 6) is 0.129. The molecule has 20 heavy (non-hydrogen) atoms. The Balaban J connectivity index is 2.22. The van der Waals surface area contributed by atoms with Crippen molar-refractivity contribution in [3.05, 3.63) is 53.5 Å². The maximum absolute atomic E-state index is 12.6. The molecule has 6 nitrogen and oxygen atoms in total. The van der Waals surface area contributed by atoms with Crippen LogP contribution in [0.5, 0.6) is 0 Å². The molecule has 0 aliphatic heterocycles. The lowest BCUT2D eigenvalue weighted by molar-refractivity contribution is 0.104. The Morgan fingerprint density at radius 3 is 2.80 bits per heavy atom. The molecule has 1 aromatic carbocycles. The monoisotopic (exact) mass is 267 g/mol. The maximum Gasteiger partial charge on any atom is 0.195 e. The zero-order chi connectivity index (χ0) is 14.3. The van der Waals surface area contributed by atoms with Crippen LogP contribution in [0.3, 0.4) is 0 Å². The summed E-state index contributed by atoms with van der Waals surface area (Å²) in [4.78, 5) is 16.5. The molecule has 100 valence electrons. The van der Waals surface area contributed by atoms with Crippen molar-refractivity contribution in [3.63, 3.8) is 0 Å². The number of ketones is 1. The van der Waals surface area contributed by atoms with Gasteiger partial charge in [0.25, 0.3) is 0 Å². The van der Waals surface area contributed by atoms with Crippen LogP contribution in [0.1, 0.15) is 21.6 Å². The van der Waals surface area contributed by atoms with Gasteiger partial charge >= 0.3 is 0 Å². The highest BCUT2D eigenvalue weighted by Gasteiger charge is 2.18. The molecule has 3 rings (SSSR count). The van der Waals surface area contributed by atoms with Gasteiger partial charge in [0.05, 0.1) is 5.56 Å². The zero-order valence-corrected chi connectivity index (χ0v) is 10.9. The molecule has 0 aliphatic rings. The molecule has 2 aromatic heterocycles. The molecule has 4 N–H and O–H groups in total. The molecule has 0 bridgehead atoms. The van der Waals surface area contributed by atoms with E-state index in [1.54, 1.807) is 34.8 Å². The molecule has 0 saturated carbocycles. The second-order valence-electron chi connectivity index (χ2n) is 4.56. The predicted octanol–water partition coefficient (Wildman–Crippen LogP) is 1.43. The fourth-order valence-corrected chi connectivity index (χ4v) is 2.23. The third-order valence-corrected chi connectivity index (χ3v) is 3.15. The molecule has 0 spiro atoms. The van der Waals surface area contributed by atoms with Crippen LogP contribution < -0.4 is 11.5 Å². The van der Waals surface area contributed by atoms with Gasteiger partial charge in [0.15, 0.2) is 11.6 Å². The van der Waals surface area contributed by atoms with Gasteiger partial charge in [-0.25, -0.2) is 9.50 Å². The number of hydrogen-bond donors (Lipinski definition) is 2. The molecular weight excluding hydrogens is 254 g/mol. The minimum atomic E-state index is -0.149. The predicted molar refractivity (Wildman–Crippen MR) is 76.4 cm³/mol. The van der Waals surface area contributed by atoms with E-state index in [0.29, 0.717) is 22.3 Å². The molecule has 6 heteroatoms. The highest BCUT2D eigenvalue weighted by molar-refractivity contribution is 6.15. The zero-order valence-electron chi connectivity index (χ0n) is 10.9. The molecular formula is C14H13N5O. The number of aryl methyl sites for hydroxylation is 1. The molecule has 0 radical (unpaired) electrons. The van der Waals surface area contributed by atoms with E-state index in [1.165, 1.54) is 6.33 Å². The van der Waals surface area contributed by atoms with E-state index < -0.39 is 0 Å². The number of aromatic nitrogens is 3. The summed E-state index contributed by atoms with van der Waals surface area (Å²) in [5, 5.41) is 4.10. The number of nitrogens with zero attached hydrogens (tertiary/aromatic N) is 3. The summed E-state index contributed by atoms with van der Waals surface area (Å²) < 4.78 is 1.61. The van der Waals surface area contributed by atoms with Crippen LogP contribution in [-0.4, -0.2) is 20.4 Å². The minimum Gasteiger partial charge on any atom is -0.399 e. The molecule has 0 saturated heterocycles. The highest BCUT2D eigenvalue weighted by atomic mass is 16.1. The first kappa shape index (κ1) is 12.2. The fraction of sp³-hybridized carbons (Fsp3) is 0.0714. The fourth-order valence-electron chi connectivity index (χ4n) is 2.23. The number of rotatable bonds is 2. The number of benzene rings is 1. The summed E-state index contributed by atoms with van der Waals surface area (Å²) in [5.41, 5.74) is 14.5. The van der Waals surface area contributed by atoms with Crippen LogP contribution in [-0.2, 0) is 0 Å². The van der Waals surface area contributed by atoms with Crippen molar-refractivity contribution in [2.45, 2.75) is 6.92 Å². The van der Waals surface area contributed by atoms with E-state index in [2.05, 4.69) is 10.1 Å². The average Bonchev–Trinajstić information content (AvgIpc) is 2.77. The Bertz CT molecular complexity index is 822. The lowest BCUT2D eigenvalue weighted by Crippen LogP contribution is -2.05. The van der Waals surface area contributed by atoms with Gasteiger partial charge in [-0.2, -0.15) is 5.10 Å². The number of nitrogen functional groups attached to an aromatic ring is 2. The maximum atomic E-state index is 12.6. The molecule has 0 fully saturated rings. The first-order valence-electron chi connectivity index (χ1n) is 6.07. The third-order valence-electron chi connectivity index (χ3n) is 3.15. The normalized spacial score (nSPS) is 10.8. The second kappa shape index (κ2) is 4.34. The van der Waals surface area contributed by atoms with Crippen molar-refractivity contribution in [2.75, 3.05) is 11.5 Å². The number of anilines is 2. The Morgan fingerprint density at radius 2 is 2.05 bits per heavy atom. The molecule has 0 atom stereocenters. The van der Waals surface area contributed by atoms with Gasteiger partial charge in [0.1, 0.15) is 11.8 Å². The Morgan fingerprint density at radius 1 is 1.25 bits per heavy atom. The number of carbonyl (C=O) groups is 1. The summed E-state index contributed by atoms with van der Waals surface area (Å²) in [6, 6.07) is 8.59. The van der Waals surface area contributed by atoms with Crippen molar-refractivity contribution in [1.82, 2.24) is 14.6 Å². The van der Waals surface area contributed by atoms with E-state index in [1.807, 2.05) is 6.92 Å². The topological polar surface area (TPSA) is 99.3 Å². The van der Waals surface area contributed by atoms with Crippen LogP contribution in [0, 0.1) is 6.92 Å². The quantitative estimate of drug-likeness (QED) is 0.540. The standard InChI is InChI=1S/C14H13N5O/c1-8-5-11(12-14(16)17-7-18-19(8)12)13(20)9-3-2-4-10(15)6-9/h2-7H,15H2,1H3,(H2,16,17,18). The van der Waals surface area contributed by atoms with Crippen molar-refractivity contribution in [1.29, 1.82) is 0 Å². The van der Waals surface area contributed by atoms with Gasteiger partial charge in [-0.05, 0) is 25.1 Å². The van der Waals surface area contributed by atoms with Gasteiger partial charge in [-0.1, -0.05) is 12.1 Å². The Labute approximate surface area is 115 Å². The first-order chi connectivity index (χ1) is 9.58. The second-order valence-corrected chi connectivity index (χ2v) is 4.56. The molecule has 2 heterocycles. The van der Waals surface area contributed by atoms with E-state index in [0.717, 1.165) is 5.69 Å². The third kappa shape index (κ3) is 1.78. The van der Waals surface area contributed by atoms with Crippen LogP contribution >= 0.6 is 0 Å². The average molecular weight is 267 g/mol. The molecule has 0 amide bonds. The lowest BCUT2D eigenvalue weighted by atomic mass is 10.0. The minimum absolute atomic E-state index is 0.149. The summed E-state index contributed by atoms with van der Waals surface area (Å²) in [6.07, 6.45) is 1.37. The summed E-state index contributed by atoms with van der Waals surface area (Å²) in [7, 11) is 0. The van der Waals surface area contributed by atoms with Crippen LogP contribution in [0.25, 0.3) is 5.52 Å². The van der Waals surface area contributed by atoms with Crippen molar-refractivity contribution in [2.24, 2.45) is 0 Å². The van der Waals surface area contributed by atoms with Crippen molar-refractivity contribution >= 4 is 22.8 Å². The number of nitrogens with two attached hydrogens (primary N) is 2. The SMILES string of the molecule is Cc1cc(C(=O)c2cccc(N)c2)c2c(N)ncnn12. The van der Waals surface area contributed by atoms with Gasteiger partial charge in [-0.3, -0.25) is 4.79 Å². The molecule has 3 aromatic rings. The number of hydrogen-bond acceptors (Lipinski definition) is 5. The first-order valence-corrected chi connectivity index (χ1v) is 6.07. The van der Waals surface area contributed by atoms with Gasteiger partial charge in [-0.15, -0.1) is 0 Å². The van der Waals surface area contributed by atoms with Crippen LogP contribution in [0.4, 0.5) is 11.5 Å². The van der Waals surface area contributed by atoms with E-state index in [4.69, 9.17) is 11.5 Å². The van der Waals surface area contributed by atoms with Crippen LogP contribution in [0.2, 0.25) is 0 Å². The van der Waals surface area contributed by atoms with Crippen molar-refractivity contribution < 1.29 is 4.79 Å². The van der Waals surface area contributed by atoms with E-state index in [9.17, 15) is 4.79 Å². The van der Waals surface area contributed by atoms with E-state index >= 15 is 0 Å². The van der Waals surface area contributed by atoms with Gasteiger partial charge < -0.3 is 11.5 Å². The smallest absolute Gasteiger partial charge is 0.195 e. The Kier molecular flexibility index (Phi) is 2.64. The van der Waals surface area contributed by atoms with Gasteiger partial charge in [0, 0.05) is 16.9 Å². The Hall–Kier alpha value is -2.89. The largest absolute Gasteiger partial charge is 0.399 e. The summed E-state index contributed by atoms with van der Waals surface area (Å²) >= 11 is 0. The van der Waals surface area contributed by atoms with E-state index in [-0.39, 0.29) is 11.6 Å². The highest BCUT2D eigenvalue weighted by Crippen LogP contribution is 2.23. The number of fused-ring (bicyclic) bond motifs is 1.